The highest BCUT2D eigenvalue weighted by molar-refractivity contribution is 6.30. The van der Waals surface area contributed by atoms with Crippen LogP contribution in [0.1, 0.15) is 82.8 Å². The lowest BCUT2D eigenvalue weighted by molar-refractivity contribution is -0.122. The number of rotatable bonds is 7. The number of hydrogen-bond acceptors (Lipinski definition) is 4. The van der Waals surface area contributed by atoms with Gasteiger partial charge in [0.15, 0.2) is 11.6 Å². The number of nitrogens with one attached hydrogen (secondary N) is 2. The maximum Gasteiger partial charge on any atom is 0.237 e. The van der Waals surface area contributed by atoms with E-state index in [1.54, 1.807) is 18.2 Å². The van der Waals surface area contributed by atoms with Crippen LogP contribution in [0.15, 0.2) is 36.4 Å². The molecule has 0 aromatic heterocycles. The molecule has 2 aliphatic heterocycles. The minimum Gasteiger partial charge on any atom is -0.393 e. The lowest BCUT2D eigenvalue weighted by Gasteiger charge is -2.37. The molecule has 0 radical (unpaired) electrons. The number of carbonyl (C=O) groups excluding carboxylic acids is 2. The van der Waals surface area contributed by atoms with E-state index >= 15 is 0 Å². The normalized spacial score (nSPS) is 30.1. The number of fused-ring (bicyclic) bond motifs is 2. The predicted octanol–water partition coefficient (Wildman–Crippen LogP) is 6.27. The van der Waals surface area contributed by atoms with Crippen LogP contribution in [0.25, 0.3) is 0 Å². The quantitative estimate of drug-likeness (QED) is 0.374. The SMILES string of the molecule is CC(C)(C)C[C@H]1N[C@@H](C(=O)CCCC2CCC(O)C2)[C@H](c2cccc(Cl)c2)[C@@]12C(=O)Nc1cc(F)c(F)cc12. The zero-order valence-electron chi connectivity index (χ0n) is 22.7. The fraction of sp³-hybridized carbons (Fsp3) is 0.548. The van der Waals surface area contributed by atoms with Crippen molar-refractivity contribution in [3.63, 3.8) is 0 Å². The highest BCUT2D eigenvalue weighted by Gasteiger charge is 2.65. The van der Waals surface area contributed by atoms with E-state index in [0.29, 0.717) is 41.3 Å². The van der Waals surface area contributed by atoms with Gasteiger partial charge in [0, 0.05) is 35.2 Å². The molecule has 2 aromatic carbocycles. The Bertz CT molecular complexity index is 1280. The molecule has 5 rings (SSSR count). The number of carbonyl (C=O) groups is 2. The lowest BCUT2D eigenvalue weighted by atomic mass is 9.62. The molecule has 39 heavy (non-hydrogen) atoms. The molecule has 2 unspecified atom stereocenters. The third-order valence-corrected chi connectivity index (χ3v) is 9.04. The Morgan fingerprint density at radius 3 is 2.56 bits per heavy atom. The van der Waals surface area contributed by atoms with Crippen molar-refractivity contribution in [1.82, 2.24) is 5.32 Å². The van der Waals surface area contributed by atoms with Crippen molar-refractivity contribution < 1.29 is 23.5 Å². The number of anilines is 1. The number of benzene rings is 2. The number of hydrogen-bond donors (Lipinski definition) is 3. The molecule has 1 aliphatic carbocycles. The average molecular weight is 559 g/mol. The molecule has 2 aromatic rings. The first kappa shape index (κ1) is 28.2. The second-order valence-corrected chi connectivity index (χ2v) is 13.3. The number of aliphatic hydroxyl groups excluding tert-OH is 1. The van der Waals surface area contributed by atoms with Crippen LogP contribution in [0.5, 0.6) is 0 Å². The van der Waals surface area contributed by atoms with E-state index in [2.05, 4.69) is 31.4 Å². The Morgan fingerprint density at radius 2 is 1.90 bits per heavy atom. The summed E-state index contributed by atoms with van der Waals surface area (Å²) in [5.41, 5.74) is -0.256. The molecule has 5 nitrogen and oxygen atoms in total. The molecule has 0 bridgehead atoms. The number of Topliss-reactive ketones (excluding diaryl/α,β-unsaturated/α-hetero) is 1. The van der Waals surface area contributed by atoms with Crippen LogP contribution in [0.2, 0.25) is 5.02 Å². The summed E-state index contributed by atoms with van der Waals surface area (Å²) in [5.74, 6) is -2.71. The van der Waals surface area contributed by atoms with Crippen molar-refractivity contribution in [3.8, 4) is 0 Å². The smallest absolute Gasteiger partial charge is 0.237 e. The number of ketones is 1. The van der Waals surface area contributed by atoms with Crippen LogP contribution in [-0.4, -0.2) is 35.0 Å². The zero-order valence-corrected chi connectivity index (χ0v) is 23.5. The van der Waals surface area contributed by atoms with E-state index in [1.807, 2.05) is 6.07 Å². The molecule has 1 saturated heterocycles. The van der Waals surface area contributed by atoms with Gasteiger partial charge in [-0.1, -0.05) is 44.5 Å². The summed E-state index contributed by atoms with van der Waals surface area (Å²) in [5, 5.41) is 16.7. The lowest BCUT2D eigenvalue weighted by Crippen LogP contribution is -2.49. The minimum atomic E-state index is -1.34. The molecular weight excluding hydrogens is 522 g/mol. The Balaban J connectivity index is 1.58. The van der Waals surface area contributed by atoms with Crippen molar-refractivity contribution in [2.24, 2.45) is 11.3 Å². The molecule has 2 heterocycles. The number of amides is 1. The van der Waals surface area contributed by atoms with Gasteiger partial charge in [0.1, 0.15) is 11.2 Å². The van der Waals surface area contributed by atoms with E-state index in [1.165, 1.54) is 0 Å². The first-order valence-corrected chi connectivity index (χ1v) is 14.3. The zero-order chi connectivity index (χ0) is 28.1. The molecule has 3 N–H and O–H groups in total. The molecule has 6 atom stereocenters. The van der Waals surface area contributed by atoms with Crippen molar-refractivity contribution in [2.45, 2.75) is 95.2 Å². The van der Waals surface area contributed by atoms with Gasteiger partial charge in [-0.3, -0.25) is 9.59 Å². The Labute approximate surface area is 233 Å². The van der Waals surface area contributed by atoms with Crippen LogP contribution in [0.3, 0.4) is 0 Å². The number of halogens is 3. The third-order valence-electron chi connectivity index (χ3n) is 8.80. The maximum absolute atomic E-state index is 14.8. The van der Waals surface area contributed by atoms with Gasteiger partial charge in [0.05, 0.1) is 12.1 Å². The van der Waals surface area contributed by atoms with Gasteiger partial charge in [-0.2, -0.15) is 0 Å². The van der Waals surface area contributed by atoms with E-state index in [-0.39, 0.29) is 28.9 Å². The van der Waals surface area contributed by atoms with Crippen LogP contribution < -0.4 is 10.6 Å². The third kappa shape index (κ3) is 5.25. The average Bonchev–Trinajstić information content (AvgIpc) is 3.49. The van der Waals surface area contributed by atoms with Gasteiger partial charge in [-0.05, 0) is 79.2 Å². The summed E-state index contributed by atoms with van der Waals surface area (Å²) in [6.07, 6.45) is 4.71. The van der Waals surface area contributed by atoms with Crippen LogP contribution in [0.4, 0.5) is 14.5 Å². The monoisotopic (exact) mass is 558 g/mol. The van der Waals surface area contributed by atoms with Gasteiger partial charge in [0.2, 0.25) is 5.91 Å². The first-order chi connectivity index (χ1) is 18.4. The van der Waals surface area contributed by atoms with Crippen molar-refractivity contribution in [1.29, 1.82) is 0 Å². The molecule has 210 valence electrons. The molecule has 2 fully saturated rings. The van der Waals surface area contributed by atoms with Gasteiger partial charge < -0.3 is 15.7 Å². The van der Waals surface area contributed by atoms with Gasteiger partial charge in [-0.15, -0.1) is 0 Å². The second-order valence-electron chi connectivity index (χ2n) is 12.8. The highest BCUT2D eigenvalue weighted by atomic mass is 35.5. The fourth-order valence-electron chi connectivity index (χ4n) is 7.22. The van der Waals surface area contributed by atoms with Crippen LogP contribution >= 0.6 is 11.6 Å². The molecule has 8 heteroatoms. The van der Waals surface area contributed by atoms with Gasteiger partial charge in [0.25, 0.3) is 0 Å². The van der Waals surface area contributed by atoms with E-state index in [9.17, 15) is 23.5 Å². The Morgan fingerprint density at radius 1 is 1.15 bits per heavy atom. The van der Waals surface area contributed by atoms with Crippen molar-refractivity contribution in [3.05, 3.63) is 64.2 Å². The van der Waals surface area contributed by atoms with Crippen LogP contribution in [-0.2, 0) is 15.0 Å². The highest BCUT2D eigenvalue weighted by Crippen LogP contribution is 2.57. The van der Waals surface area contributed by atoms with Crippen molar-refractivity contribution >= 4 is 29.0 Å². The Hall–Kier alpha value is -2.35. The van der Waals surface area contributed by atoms with Crippen molar-refractivity contribution in [2.75, 3.05) is 5.32 Å². The Kier molecular flexibility index (Phi) is 7.64. The van der Waals surface area contributed by atoms with E-state index < -0.39 is 35.1 Å². The minimum absolute atomic E-state index is 0.0156. The molecule has 1 amide bonds. The molecule has 1 spiro atoms. The topological polar surface area (TPSA) is 78.4 Å². The second kappa shape index (κ2) is 10.6. The fourth-order valence-corrected chi connectivity index (χ4v) is 7.42. The summed E-state index contributed by atoms with van der Waals surface area (Å²) in [4.78, 5) is 28.0. The van der Waals surface area contributed by atoms with Crippen LogP contribution in [0, 0.1) is 23.0 Å². The summed E-state index contributed by atoms with van der Waals surface area (Å²) in [6, 6.07) is 8.07. The summed E-state index contributed by atoms with van der Waals surface area (Å²) in [7, 11) is 0. The maximum atomic E-state index is 14.8. The first-order valence-electron chi connectivity index (χ1n) is 13.9. The largest absolute Gasteiger partial charge is 0.393 e. The predicted molar refractivity (Wildman–Crippen MR) is 148 cm³/mol. The summed E-state index contributed by atoms with van der Waals surface area (Å²) >= 11 is 6.40. The summed E-state index contributed by atoms with van der Waals surface area (Å²) < 4.78 is 29.0. The van der Waals surface area contributed by atoms with E-state index in [0.717, 1.165) is 37.8 Å². The van der Waals surface area contributed by atoms with E-state index in [4.69, 9.17) is 11.6 Å². The summed E-state index contributed by atoms with van der Waals surface area (Å²) in [6.45, 7) is 6.17. The molecule has 3 aliphatic rings. The standard InChI is InChI=1S/C31H37ClF2N2O3/c1-30(2,3)16-26-31(21-14-22(33)23(34)15-24(21)35-29(31)39)27(18-7-5-8-19(32)13-18)28(36-26)25(38)9-4-6-17-10-11-20(37)12-17/h5,7-8,13-15,17,20,26-28,36-37H,4,6,9-12,16H2,1-3H3,(H,35,39)/t17?,20?,26-,27+,28+,31+/m1/s1. The molecule has 1 saturated carbocycles. The van der Waals surface area contributed by atoms with Gasteiger partial charge >= 0.3 is 0 Å². The van der Waals surface area contributed by atoms with Gasteiger partial charge in [-0.25, -0.2) is 8.78 Å². The molecular formula is C31H37ClF2N2O3. The number of aliphatic hydroxyl groups is 1.